The minimum Gasteiger partial charge on any atom is -0.329 e. The van der Waals surface area contributed by atoms with Crippen LogP contribution < -0.4 is 5.56 Å². The van der Waals surface area contributed by atoms with Crippen LogP contribution in [0.5, 0.6) is 0 Å². The Bertz CT molecular complexity index is 268. The normalized spacial score (nSPS) is 7.54. The lowest BCUT2D eigenvalue weighted by molar-refractivity contribution is 1.14. The summed E-state index contributed by atoms with van der Waals surface area (Å²) in [5, 5.41) is 0. The van der Waals surface area contributed by atoms with Crippen LogP contribution in [0.1, 0.15) is 40.2 Å². The summed E-state index contributed by atoms with van der Waals surface area (Å²) >= 11 is 0. The van der Waals surface area contributed by atoms with E-state index < -0.39 is 0 Å². The number of nitrogens with one attached hydrogen (secondary N) is 1. The highest BCUT2D eigenvalue weighted by molar-refractivity contribution is 5.19. The van der Waals surface area contributed by atoms with E-state index in [2.05, 4.69) is 4.98 Å². The largest absolute Gasteiger partial charge is 0.329 e. The molecule has 0 radical (unpaired) electrons. The molecular formula is C11H23NO. The van der Waals surface area contributed by atoms with Crippen molar-refractivity contribution in [3.05, 3.63) is 33.7 Å². The number of H-pyrrole nitrogens is 1. The minimum atomic E-state index is 0. The predicted molar refractivity (Wildman–Crippen MR) is 61.3 cm³/mol. The monoisotopic (exact) mass is 185 g/mol. The van der Waals surface area contributed by atoms with Crippen LogP contribution in [0.2, 0.25) is 0 Å². The van der Waals surface area contributed by atoms with Gasteiger partial charge >= 0.3 is 0 Å². The van der Waals surface area contributed by atoms with Gasteiger partial charge in [0, 0.05) is 13.2 Å². The van der Waals surface area contributed by atoms with Gasteiger partial charge in [-0.1, -0.05) is 27.7 Å². The Balaban J connectivity index is -0.000000216. The van der Waals surface area contributed by atoms with Gasteiger partial charge < -0.3 is 4.98 Å². The van der Waals surface area contributed by atoms with Crippen LogP contribution in [0.15, 0.2) is 17.1 Å². The summed E-state index contributed by atoms with van der Waals surface area (Å²) in [6.07, 6.45) is 1.66. The Morgan fingerprint density at radius 2 is 1.62 bits per heavy atom. The minimum absolute atomic E-state index is 0. The molecule has 0 aliphatic carbocycles. The molecule has 0 amide bonds. The number of aryl methyl sites for hydroxylation is 1. The molecule has 0 aliphatic heterocycles. The molecule has 0 bridgehead atoms. The summed E-state index contributed by atoms with van der Waals surface area (Å²) in [6, 6.07) is 1.89. The summed E-state index contributed by atoms with van der Waals surface area (Å²) in [5.74, 6) is 0. The Labute approximate surface area is 82.5 Å². The first-order valence-electron chi connectivity index (χ1n) is 4.86. The van der Waals surface area contributed by atoms with Crippen LogP contribution in [-0.4, -0.2) is 4.98 Å². The molecule has 1 rings (SSSR count). The second-order valence-electron chi connectivity index (χ2n) is 2.11. The van der Waals surface area contributed by atoms with E-state index in [1.807, 2.05) is 47.6 Å². The van der Waals surface area contributed by atoms with Gasteiger partial charge in [-0.15, -0.1) is 0 Å². The van der Waals surface area contributed by atoms with Gasteiger partial charge in [-0.05, 0) is 25.5 Å². The van der Waals surface area contributed by atoms with Gasteiger partial charge in [-0.3, -0.25) is 4.79 Å². The van der Waals surface area contributed by atoms with E-state index in [-0.39, 0.29) is 6.99 Å². The van der Waals surface area contributed by atoms with Crippen molar-refractivity contribution in [3.63, 3.8) is 0 Å². The zero-order chi connectivity index (χ0) is 10.9. The first-order valence-corrected chi connectivity index (χ1v) is 4.86. The number of aromatic nitrogens is 1. The van der Waals surface area contributed by atoms with E-state index in [4.69, 9.17) is 0 Å². The summed E-state index contributed by atoms with van der Waals surface area (Å²) in [5.41, 5.74) is 1.85. The maximum atomic E-state index is 10.8. The Hall–Kier alpha value is -1.05. The number of aromatic amines is 1. The highest BCUT2D eigenvalue weighted by Crippen LogP contribution is 1.95. The van der Waals surface area contributed by atoms with Crippen LogP contribution in [0.3, 0.4) is 0 Å². The van der Waals surface area contributed by atoms with E-state index in [0.717, 1.165) is 11.1 Å². The molecule has 0 saturated carbocycles. The molecule has 0 fully saturated rings. The van der Waals surface area contributed by atoms with Crippen molar-refractivity contribution in [2.45, 2.75) is 41.5 Å². The average molecular weight is 185 g/mol. The first-order chi connectivity index (χ1) is 6.22. The van der Waals surface area contributed by atoms with Crippen molar-refractivity contribution >= 4 is 0 Å². The molecule has 2 heteroatoms. The third-order valence-corrected chi connectivity index (χ3v) is 1.48. The van der Waals surface area contributed by atoms with Gasteiger partial charge in [0.1, 0.15) is 0 Å². The lowest BCUT2D eigenvalue weighted by atomic mass is 10.2. The van der Waals surface area contributed by atoms with Gasteiger partial charge in [-0.2, -0.15) is 0 Å². The Morgan fingerprint density at radius 3 is 1.92 bits per heavy atom. The second kappa shape index (κ2) is 9.04. The van der Waals surface area contributed by atoms with E-state index in [9.17, 15) is 4.79 Å². The molecule has 1 N–H and O–H groups in total. The molecule has 0 aromatic carbocycles. The molecule has 0 unspecified atom stereocenters. The predicted octanol–water partition coefficient (Wildman–Crippen LogP) is 3.29. The fourth-order valence-corrected chi connectivity index (χ4v) is 0.655. The Kier molecular flexibility index (Phi) is 10.1. The van der Waals surface area contributed by atoms with Gasteiger partial charge in [0.05, 0.1) is 0 Å². The van der Waals surface area contributed by atoms with E-state index in [1.165, 1.54) is 0 Å². The quantitative estimate of drug-likeness (QED) is 0.661. The molecule has 0 atom stereocenters. The smallest absolute Gasteiger partial charge is 0.251 e. The van der Waals surface area contributed by atoms with Crippen LogP contribution in [-0.2, 0) is 0 Å². The van der Waals surface area contributed by atoms with Gasteiger partial charge in [0.2, 0.25) is 0 Å². The van der Waals surface area contributed by atoms with Crippen LogP contribution in [0.4, 0.5) is 0 Å². The number of hydrogen-bond acceptors (Lipinski definition) is 1. The maximum absolute atomic E-state index is 10.8. The zero-order valence-electron chi connectivity index (χ0n) is 9.56. The standard InChI is InChI=1S/C7H9NO.2C2H6.H2/c1-5-3-4-8-7(9)6(5)2;2*1-2;/h3-4H,1-2H3,(H,8,9);2*1-2H3;1H. The molecule has 1 aromatic rings. The summed E-state index contributed by atoms with van der Waals surface area (Å²) in [6.45, 7) is 11.7. The fraction of sp³-hybridized carbons (Fsp3) is 0.545. The van der Waals surface area contributed by atoms with E-state index >= 15 is 0 Å². The number of rotatable bonds is 0. The average Bonchev–Trinajstić information content (AvgIpc) is 2.20. The van der Waals surface area contributed by atoms with E-state index in [1.54, 1.807) is 6.20 Å². The zero-order valence-corrected chi connectivity index (χ0v) is 9.56. The van der Waals surface area contributed by atoms with Crippen molar-refractivity contribution in [1.82, 2.24) is 4.98 Å². The van der Waals surface area contributed by atoms with Crippen LogP contribution in [0, 0.1) is 13.8 Å². The van der Waals surface area contributed by atoms with Crippen molar-refractivity contribution in [2.24, 2.45) is 0 Å². The molecular weight excluding hydrogens is 162 g/mol. The summed E-state index contributed by atoms with van der Waals surface area (Å²) < 4.78 is 0. The molecule has 2 nitrogen and oxygen atoms in total. The number of pyridine rings is 1. The number of hydrogen-bond donors (Lipinski definition) is 1. The van der Waals surface area contributed by atoms with E-state index in [0.29, 0.717) is 0 Å². The van der Waals surface area contributed by atoms with Gasteiger partial charge in [-0.25, -0.2) is 0 Å². The highest BCUT2D eigenvalue weighted by atomic mass is 16.1. The third-order valence-electron chi connectivity index (χ3n) is 1.48. The maximum Gasteiger partial charge on any atom is 0.251 e. The fourth-order valence-electron chi connectivity index (χ4n) is 0.655. The first kappa shape index (κ1) is 14.5. The molecule has 0 spiro atoms. The van der Waals surface area contributed by atoms with Crippen LogP contribution in [0.25, 0.3) is 0 Å². The Morgan fingerprint density at radius 1 is 1.15 bits per heavy atom. The van der Waals surface area contributed by atoms with Gasteiger partial charge in [0.25, 0.3) is 5.56 Å². The third kappa shape index (κ3) is 5.23. The molecule has 0 saturated heterocycles. The summed E-state index contributed by atoms with van der Waals surface area (Å²) in [7, 11) is 0. The molecule has 1 aromatic heterocycles. The van der Waals surface area contributed by atoms with Gasteiger partial charge in [0.15, 0.2) is 0 Å². The lowest BCUT2D eigenvalue weighted by Gasteiger charge is -1.93. The SMILES string of the molecule is CC.CC.Cc1cc[nH]c(=O)c1C.[HH]. The van der Waals surface area contributed by atoms with Crippen molar-refractivity contribution in [2.75, 3.05) is 0 Å². The second-order valence-corrected chi connectivity index (χ2v) is 2.11. The van der Waals surface area contributed by atoms with Crippen molar-refractivity contribution in [3.8, 4) is 0 Å². The highest BCUT2D eigenvalue weighted by Gasteiger charge is 1.92. The molecule has 1 heterocycles. The summed E-state index contributed by atoms with van der Waals surface area (Å²) in [4.78, 5) is 13.4. The van der Waals surface area contributed by atoms with Crippen molar-refractivity contribution in [1.29, 1.82) is 0 Å². The van der Waals surface area contributed by atoms with Crippen LogP contribution >= 0.6 is 0 Å². The molecule has 78 valence electrons. The van der Waals surface area contributed by atoms with Crippen molar-refractivity contribution < 1.29 is 1.43 Å². The molecule has 13 heavy (non-hydrogen) atoms. The molecule has 0 aliphatic rings. The topological polar surface area (TPSA) is 32.9 Å². The lowest BCUT2D eigenvalue weighted by Crippen LogP contribution is -2.08.